The number of hydrogen-bond donors (Lipinski definition) is 1. The number of fused-ring (bicyclic) bond motifs is 8. The number of imide groups is 1. The number of anilines is 1. The van der Waals surface area contributed by atoms with Crippen molar-refractivity contribution in [3.05, 3.63) is 94.5 Å². The summed E-state index contributed by atoms with van der Waals surface area (Å²) in [6.07, 6.45) is 0. The van der Waals surface area contributed by atoms with E-state index in [4.69, 9.17) is 9.72 Å². The highest BCUT2D eigenvalue weighted by Crippen LogP contribution is 2.56. The highest BCUT2D eigenvalue weighted by Gasteiger charge is 2.70. The van der Waals surface area contributed by atoms with Crippen LogP contribution in [-0.2, 0) is 15.1 Å². The predicted octanol–water partition coefficient (Wildman–Crippen LogP) is 3.38. The summed E-state index contributed by atoms with van der Waals surface area (Å²) in [6, 6.07) is 21.5. The number of amides is 2. The highest BCUT2D eigenvalue weighted by atomic mass is 16.5. The summed E-state index contributed by atoms with van der Waals surface area (Å²) in [5, 5.41) is 4.22. The van der Waals surface area contributed by atoms with Crippen LogP contribution in [0.2, 0.25) is 0 Å². The summed E-state index contributed by atoms with van der Waals surface area (Å²) < 4.78 is 6.89. The van der Waals surface area contributed by atoms with Gasteiger partial charge in [-0.15, -0.1) is 0 Å². The topological polar surface area (TPSA) is 93.5 Å². The molecule has 4 aromatic rings. The van der Waals surface area contributed by atoms with Gasteiger partial charge in [-0.2, -0.15) is 0 Å². The number of benzene rings is 3. The second-order valence-electron chi connectivity index (χ2n) is 10.5. The Morgan fingerprint density at radius 2 is 1.63 bits per heavy atom. The third-order valence-electron chi connectivity index (χ3n) is 8.35. The molecule has 3 aliphatic heterocycles. The number of nitrogens with one attached hydrogen (secondary N) is 1. The van der Waals surface area contributed by atoms with Crippen LogP contribution in [0, 0.1) is 17.8 Å². The van der Waals surface area contributed by atoms with Gasteiger partial charge >= 0.3 is 0 Å². The second kappa shape index (κ2) is 7.85. The number of para-hydroxylation sites is 2. The van der Waals surface area contributed by atoms with Crippen LogP contribution in [0.15, 0.2) is 77.6 Å². The Morgan fingerprint density at radius 3 is 2.37 bits per heavy atom. The summed E-state index contributed by atoms with van der Waals surface area (Å²) >= 11 is 0. The molecule has 0 saturated carbocycles. The van der Waals surface area contributed by atoms with Crippen LogP contribution in [0.1, 0.15) is 25.2 Å². The monoisotopic (exact) mass is 506 g/mol. The molecule has 4 atom stereocenters. The first-order chi connectivity index (χ1) is 18.4. The van der Waals surface area contributed by atoms with Crippen LogP contribution >= 0.6 is 0 Å². The Morgan fingerprint density at radius 1 is 0.921 bits per heavy atom. The van der Waals surface area contributed by atoms with Gasteiger partial charge in [-0.25, -0.2) is 9.88 Å². The van der Waals surface area contributed by atoms with Crippen LogP contribution in [-0.4, -0.2) is 34.5 Å². The molecule has 3 aliphatic rings. The van der Waals surface area contributed by atoms with Crippen LogP contribution in [0.5, 0.6) is 5.75 Å². The summed E-state index contributed by atoms with van der Waals surface area (Å²) in [5.41, 5.74) is 1.22. The average Bonchev–Trinajstić information content (AvgIpc) is 3.53. The Hall–Kier alpha value is -4.30. The Bertz CT molecular complexity index is 1710. The molecule has 3 aromatic carbocycles. The minimum atomic E-state index is -1.13. The smallest absolute Gasteiger partial charge is 0.266 e. The first-order valence-electron chi connectivity index (χ1n) is 12.8. The van der Waals surface area contributed by atoms with Crippen LogP contribution in [0.3, 0.4) is 0 Å². The van der Waals surface area contributed by atoms with Crippen molar-refractivity contribution in [2.45, 2.75) is 25.4 Å². The first-order valence-corrected chi connectivity index (χ1v) is 12.8. The molecule has 8 heteroatoms. The normalized spacial score (nSPS) is 25.4. The third kappa shape index (κ3) is 2.73. The lowest BCUT2D eigenvalue weighted by Gasteiger charge is -2.32. The van der Waals surface area contributed by atoms with Gasteiger partial charge in [0.2, 0.25) is 11.8 Å². The molecule has 38 heavy (non-hydrogen) atoms. The molecule has 1 N–H and O–H groups in total. The zero-order valence-corrected chi connectivity index (χ0v) is 21.2. The maximum Gasteiger partial charge on any atom is 0.266 e. The Labute approximate surface area is 218 Å². The molecule has 4 heterocycles. The molecule has 2 fully saturated rings. The third-order valence-corrected chi connectivity index (χ3v) is 8.35. The average molecular weight is 507 g/mol. The fourth-order valence-electron chi connectivity index (χ4n) is 6.71. The zero-order valence-electron chi connectivity index (χ0n) is 21.2. The number of ether oxygens (including phenoxy) is 1. The maximum absolute atomic E-state index is 14.4. The minimum absolute atomic E-state index is 0.0443. The predicted molar refractivity (Wildman–Crippen MR) is 142 cm³/mol. The van der Waals surface area contributed by atoms with E-state index in [0.29, 0.717) is 33.9 Å². The molecule has 0 radical (unpaired) electrons. The van der Waals surface area contributed by atoms with Gasteiger partial charge in [-0.05, 0) is 48.4 Å². The van der Waals surface area contributed by atoms with E-state index in [0.717, 1.165) is 5.56 Å². The van der Waals surface area contributed by atoms with Crippen molar-refractivity contribution in [3.8, 4) is 11.4 Å². The van der Waals surface area contributed by atoms with E-state index in [1.807, 2.05) is 56.3 Å². The van der Waals surface area contributed by atoms with Gasteiger partial charge in [-0.1, -0.05) is 44.2 Å². The Kier molecular flexibility index (Phi) is 4.72. The van der Waals surface area contributed by atoms with Gasteiger partial charge in [0.05, 0.1) is 41.2 Å². The number of carbonyl (C=O) groups is 2. The molecule has 8 nitrogen and oxygen atoms in total. The van der Waals surface area contributed by atoms with Crippen molar-refractivity contribution in [1.82, 2.24) is 14.9 Å². The van der Waals surface area contributed by atoms with Gasteiger partial charge in [-0.3, -0.25) is 24.3 Å². The van der Waals surface area contributed by atoms with E-state index >= 15 is 0 Å². The minimum Gasteiger partial charge on any atom is -0.497 e. The van der Waals surface area contributed by atoms with Gasteiger partial charge < -0.3 is 4.74 Å². The lowest BCUT2D eigenvalue weighted by atomic mass is 9.75. The lowest BCUT2D eigenvalue weighted by Crippen LogP contribution is -2.51. The number of rotatable bonds is 3. The Balaban J connectivity index is 1.51. The summed E-state index contributed by atoms with van der Waals surface area (Å²) in [6.45, 7) is 4.09. The molecule has 7 rings (SSSR count). The molecular weight excluding hydrogens is 480 g/mol. The molecule has 1 spiro atoms. The van der Waals surface area contributed by atoms with Gasteiger partial charge in [0.15, 0.2) is 0 Å². The molecule has 2 amide bonds. The standard InChI is InChI=1S/C30H26N4O4/c1-16(2)25-23-24(28(37)33(27(23)36)17-12-14-18(38-3)15-13-17)30(32-25)20-9-5-7-11-22(20)34-26(35)19-8-4-6-10-21(19)31-29(30)34/h4-16,23-25,32H,1-3H3. The highest BCUT2D eigenvalue weighted by molar-refractivity contribution is 6.23. The van der Waals surface area contributed by atoms with Crippen molar-refractivity contribution in [2.75, 3.05) is 12.0 Å². The van der Waals surface area contributed by atoms with E-state index in [2.05, 4.69) is 5.32 Å². The lowest BCUT2D eigenvalue weighted by molar-refractivity contribution is -0.123. The maximum atomic E-state index is 14.4. The van der Waals surface area contributed by atoms with Crippen molar-refractivity contribution in [2.24, 2.45) is 17.8 Å². The first kappa shape index (κ1) is 22.9. The zero-order chi connectivity index (χ0) is 26.3. The van der Waals surface area contributed by atoms with Crippen molar-refractivity contribution in [1.29, 1.82) is 0 Å². The van der Waals surface area contributed by atoms with Crippen molar-refractivity contribution in [3.63, 3.8) is 0 Å². The molecule has 1 aromatic heterocycles. The molecular formula is C30H26N4O4. The van der Waals surface area contributed by atoms with Crippen LogP contribution < -0.4 is 20.5 Å². The molecule has 190 valence electrons. The summed E-state index contributed by atoms with van der Waals surface area (Å²) in [5.74, 6) is -0.791. The van der Waals surface area contributed by atoms with Crippen molar-refractivity contribution < 1.29 is 14.3 Å². The van der Waals surface area contributed by atoms with Gasteiger partial charge in [0.25, 0.3) is 5.56 Å². The molecule has 2 saturated heterocycles. The molecule has 0 bridgehead atoms. The van der Waals surface area contributed by atoms with E-state index in [9.17, 15) is 14.4 Å². The van der Waals surface area contributed by atoms with Crippen LogP contribution in [0.4, 0.5) is 5.69 Å². The number of methoxy groups -OCH3 is 1. The largest absolute Gasteiger partial charge is 0.497 e. The SMILES string of the molecule is COc1ccc(N2C(=O)C3C(C(C)C)NC4(c5ccccc5-n5c4nc4ccccc4c5=O)C3C2=O)cc1. The number of hydrogen-bond acceptors (Lipinski definition) is 6. The fraction of sp³-hybridized carbons (Fsp3) is 0.267. The number of aromatic nitrogens is 2. The second-order valence-corrected chi connectivity index (χ2v) is 10.5. The number of nitrogens with zero attached hydrogens (tertiary/aromatic N) is 3. The number of carbonyl (C=O) groups excluding carboxylic acids is 2. The van der Waals surface area contributed by atoms with Crippen LogP contribution in [0.25, 0.3) is 16.6 Å². The van der Waals surface area contributed by atoms with E-state index < -0.39 is 17.4 Å². The summed E-state index contributed by atoms with van der Waals surface area (Å²) in [4.78, 5) is 48.6. The molecule has 4 unspecified atom stereocenters. The van der Waals surface area contributed by atoms with Gasteiger partial charge in [0, 0.05) is 11.6 Å². The fourth-order valence-corrected chi connectivity index (χ4v) is 6.71. The molecule has 0 aliphatic carbocycles. The van der Waals surface area contributed by atoms with Gasteiger partial charge in [0.1, 0.15) is 17.1 Å². The van der Waals surface area contributed by atoms with Crippen molar-refractivity contribution >= 4 is 28.4 Å². The van der Waals surface area contributed by atoms with E-state index in [1.54, 1.807) is 42.0 Å². The quantitative estimate of drug-likeness (QED) is 0.428. The van der Waals surface area contributed by atoms with E-state index in [-0.39, 0.29) is 29.3 Å². The summed E-state index contributed by atoms with van der Waals surface area (Å²) in [7, 11) is 1.57. The van der Waals surface area contributed by atoms with E-state index in [1.165, 1.54) is 4.90 Å².